The first-order valence-electron chi connectivity index (χ1n) is 9.69. The molecule has 0 saturated heterocycles. The maximum absolute atomic E-state index is 5.51. The molecule has 0 bridgehead atoms. The molecule has 1 aliphatic rings. The second-order valence-electron chi connectivity index (χ2n) is 6.64. The van der Waals surface area contributed by atoms with Crippen LogP contribution >= 0.6 is 24.0 Å². The molecule has 154 valence electrons. The number of pyridine rings is 1. The molecule has 0 aliphatic carbocycles. The van der Waals surface area contributed by atoms with Gasteiger partial charge in [0.1, 0.15) is 5.82 Å². The maximum atomic E-state index is 5.51. The second kappa shape index (κ2) is 11.2. The standard InChI is InChI=1S/C19H29N7O.HI/c1-4-10-27-18-9-6-14(11-21-18)12-22-19(20-3)23-15-7-8-17-24-16(5-2)25-26(17)13-15;/h6,9,11,15H,4-5,7-8,10,12-13H2,1-3H3,(H2,20,22,23);1H. The van der Waals surface area contributed by atoms with Crippen LogP contribution in [0.15, 0.2) is 23.3 Å². The highest BCUT2D eigenvalue weighted by molar-refractivity contribution is 14.0. The third-order valence-electron chi connectivity index (χ3n) is 4.49. The Hall–Kier alpha value is -1.91. The Morgan fingerprint density at radius 1 is 1.36 bits per heavy atom. The molecule has 3 rings (SSSR count). The number of aryl methyl sites for hydroxylation is 2. The van der Waals surface area contributed by atoms with Gasteiger partial charge in [-0.1, -0.05) is 19.9 Å². The van der Waals surface area contributed by atoms with Gasteiger partial charge in [-0.3, -0.25) is 4.99 Å². The average molecular weight is 499 g/mol. The van der Waals surface area contributed by atoms with Gasteiger partial charge in [0.05, 0.1) is 13.2 Å². The summed E-state index contributed by atoms with van der Waals surface area (Å²) in [6.45, 7) is 6.32. The number of fused-ring (bicyclic) bond motifs is 1. The number of nitrogens with one attached hydrogen (secondary N) is 2. The molecule has 9 heteroatoms. The van der Waals surface area contributed by atoms with E-state index in [1.807, 2.05) is 23.0 Å². The van der Waals surface area contributed by atoms with E-state index in [9.17, 15) is 0 Å². The third-order valence-corrected chi connectivity index (χ3v) is 4.49. The van der Waals surface area contributed by atoms with Crippen LogP contribution in [-0.2, 0) is 25.9 Å². The van der Waals surface area contributed by atoms with Gasteiger partial charge in [0.15, 0.2) is 11.8 Å². The van der Waals surface area contributed by atoms with Crippen molar-refractivity contribution in [1.82, 2.24) is 30.4 Å². The molecule has 1 aliphatic heterocycles. The predicted molar refractivity (Wildman–Crippen MR) is 120 cm³/mol. The maximum Gasteiger partial charge on any atom is 0.213 e. The Kier molecular flexibility index (Phi) is 8.94. The molecule has 0 spiro atoms. The van der Waals surface area contributed by atoms with Crippen molar-refractivity contribution in [3.8, 4) is 5.88 Å². The average Bonchev–Trinajstić information content (AvgIpc) is 3.12. The number of aromatic nitrogens is 4. The van der Waals surface area contributed by atoms with Crippen LogP contribution < -0.4 is 15.4 Å². The Labute approximate surface area is 183 Å². The van der Waals surface area contributed by atoms with Crippen molar-refractivity contribution < 1.29 is 4.74 Å². The number of halogens is 1. The quantitative estimate of drug-likeness (QED) is 0.346. The van der Waals surface area contributed by atoms with Gasteiger partial charge >= 0.3 is 0 Å². The summed E-state index contributed by atoms with van der Waals surface area (Å²) in [5.41, 5.74) is 1.08. The van der Waals surface area contributed by atoms with Crippen LogP contribution in [0.4, 0.5) is 0 Å². The van der Waals surface area contributed by atoms with Crippen LogP contribution in [-0.4, -0.2) is 45.4 Å². The molecule has 0 radical (unpaired) electrons. The Morgan fingerprint density at radius 2 is 2.21 bits per heavy atom. The van der Waals surface area contributed by atoms with Crippen LogP contribution in [0, 0.1) is 0 Å². The summed E-state index contributed by atoms with van der Waals surface area (Å²) >= 11 is 0. The van der Waals surface area contributed by atoms with Crippen LogP contribution in [0.1, 0.15) is 43.9 Å². The van der Waals surface area contributed by atoms with Crippen LogP contribution in [0.2, 0.25) is 0 Å². The molecular weight excluding hydrogens is 469 g/mol. The predicted octanol–water partition coefficient (Wildman–Crippen LogP) is 2.32. The lowest BCUT2D eigenvalue weighted by molar-refractivity contribution is 0.305. The third kappa shape index (κ3) is 6.05. The van der Waals surface area contributed by atoms with E-state index in [2.05, 4.69) is 44.5 Å². The van der Waals surface area contributed by atoms with Crippen molar-refractivity contribution in [1.29, 1.82) is 0 Å². The lowest BCUT2D eigenvalue weighted by Crippen LogP contribution is -2.46. The molecule has 1 unspecified atom stereocenters. The lowest BCUT2D eigenvalue weighted by atomic mass is 10.1. The Bertz CT molecular complexity index is 760. The van der Waals surface area contributed by atoms with Crippen molar-refractivity contribution in [3.05, 3.63) is 35.5 Å². The molecule has 2 aromatic rings. The Morgan fingerprint density at radius 3 is 2.89 bits per heavy atom. The van der Waals surface area contributed by atoms with Crippen LogP contribution in [0.5, 0.6) is 5.88 Å². The smallest absolute Gasteiger partial charge is 0.213 e. The Balaban J connectivity index is 0.00000280. The molecule has 3 heterocycles. The van der Waals surface area contributed by atoms with E-state index in [-0.39, 0.29) is 30.0 Å². The molecule has 8 nitrogen and oxygen atoms in total. The highest BCUT2D eigenvalue weighted by Crippen LogP contribution is 2.13. The highest BCUT2D eigenvalue weighted by Gasteiger charge is 2.22. The summed E-state index contributed by atoms with van der Waals surface area (Å²) < 4.78 is 7.54. The molecule has 0 aromatic carbocycles. The fourth-order valence-electron chi connectivity index (χ4n) is 3.01. The minimum absolute atomic E-state index is 0. The van der Waals surface area contributed by atoms with Gasteiger partial charge in [-0.2, -0.15) is 5.10 Å². The number of guanidine groups is 1. The number of rotatable bonds is 7. The first kappa shape index (κ1) is 22.4. The molecular formula is C19H30IN7O. The topological polar surface area (TPSA) is 89.3 Å². The number of nitrogens with zero attached hydrogens (tertiary/aromatic N) is 5. The van der Waals surface area contributed by atoms with E-state index >= 15 is 0 Å². The number of aliphatic imine (C=N–C) groups is 1. The van der Waals surface area contributed by atoms with E-state index in [0.717, 1.165) is 55.4 Å². The van der Waals surface area contributed by atoms with Gasteiger partial charge in [-0.05, 0) is 18.4 Å². The van der Waals surface area contributed by atoms with Crippen molar-refractivity contribution in [2.45, 2.75) is 58.7 Å². The lowest BCUT2D eigenvalue weighted by Gasteiger charge is -2.25. The van der Waals surface area contributed by atoms with E-state index in [1.54, 1.807) is 7.05 Å². The molecule has 2 aromatic heterocycles. The first-order chi connectivity index (χ1) is 13.2. The van der Waals surface area contributed by atoms with Crippen LogP contribution in [0.25, 0.3) is 0 Å². The number of ether oxygens (including phenoxy) is 1. The van der Waals surface area contributed by atoms with Crippen molar-refractivity contribution in [2.75, 3.05) is 13.7 Å². The number of hydrogen-bond donors (Lipinski definition) is 2. The highest BCUT2D eigenvalue weighted by atomic mass is 127. The van der Waals surface area contributed by atoms with Crippen LogP contribution in [0.3, 0.4) is 0 Å². The second-order valence-corrected chi connectivity index (χ2v) is 6.64. The van der Waals surface area contributed by atoms with Crippen molar-refractivity contribution >= 4 is 29.9 Å². The SMILES string of the molecule is CCCOc1ccc(CNC(=NC)NC2CCc3nc(CC)nn3C2)cn1.I. The van der Waals surface area contributed by atoms with Gasteiger partial charge in [0.25, 0.3) is 0 Å². The molecule has 0 fully saturated rings. The molecule has 1 atom stereocenters. The summed E-state index contributed by atoms with van der Waals surface area (Å²) in [6.07, 6.45) is 5.64. The zero-order valence-electron chi connectivity index (χ0n) is 16.8. The monoisotopic (exact) mass is 499 g/mol. The van der Waals surface area contributed by atoms with Gasteiger partial charge in [-0.25, -0.2) is 14.6 Å². The van der Waals surface area contributed by atoms with E-state index in [0.29, 0.717) is 19.0 Å². The zero-order valence-corrected chi connectivity index (χ0v) is 19.1. The molecule has 2 N–H and O–H groups in total. The minimum Gasteiger partial charge on any atom is -0.478 e. The fraction of sp³-hybridized carbons (Fsp3) is 0.579. The van der Waals surface area contributed by atoms with E-state index < -0.39 is 0 Å². The first-order valence-corrected chi connectivity index (χ1v) is 9.69. The number of hydrogen-bond acceptors (Lipinski definition) is 5. The summed E-state index contributed by atoms with van der Waals surface area (Å²) in [5.74, 6) is 3.46. The van der Waals surface area contributed by atoms with E-state index in [1.165, 1.54) is 0 Å². The summed E-state index contributed by atoms with van der Waals surface area (Å²) in [6, 6.07) is 4.21. The minimum atomic E-state index is 0. The normalized spacial score (nSPS) is 16.1. The van der Waals surface area contributed by atoms with Gasteiger partial charge in [0, 0.05) is 44.7 Å². The van der Waals surface area contributed by atoms with E-state index in [4.69, 9.17) is 4.74 Å². The van der Waals surface area contributed by atoms with Gasteiger partial charge < -0.3 is 15.4 Å². The van der Waals surface area contributed by atoms with Crippen molar-refractivity contribution in [3.63, 3.8) is 0 Å². The molecule has 0 amide bonds. The summed E-state index contributed by atoms with van der Waals surface area (Å²) in [4.78, 5) is 13.2. The molecule has 0 saturated carbocycles. The van der Waals surface area contributed by atoms with Gasteiger partial charge in [-0.15, -0.1) is 24.0 Å². The van der Waals surface area contributed by atoms with Gasteiger partial charge in [0.2, 0.25) is 5.88 Å². The van der Waals surface area contributed by atoms with Crippen molar-refractivity contribution in [2.24, 2.45) is 4.99 Å². The molecule has 28 heavy (non-hydrogen) atoms. The summed E-state index contributed by atoms with van der Waals surface area (Å²) in [5, 5.41) is 11.4. The zero-order chi connectivity index (χ0) is 19.1. The summed E-state index contributed by atoms with van der Waals surface area (Å²) in [7, 11) is 1.79. The largest absolute Gasteiger partial charge is 0.478 e. The fourth-order valence-corrected chi connectivity index (χ4v) is 3.01.